The summed E-state index contributed by atoms with van der Waals surface area (Å²) in [6.07, 6.45) is 1.52. The number of hydrogen-bond donors (Lipinski definition) is 0. The molecule has 0 nitrogen and oxygen atoms in total. The van der Waals surface area contributed by atoms with Gasteiger partial charge in [-0.2, -0.15) is 0 Å². The third-order valence-electron chi connectivity index (χ3n) is 1.92. The predicted octanol–water partition coefficient (Wildman–Crippen LogP) is 3.81. The smallest absolute Gasteiger partial charge is 0.137 e. The van der Waals surface area contributed by atoms with E-state index < -0.39 is 0 Å². The molecule has 0 saturated carbocycles. The molecule has 1 aromatic carbocycles. The molecule has 0 aliphatic heterocycles. The zero-order chi connectivity index (χ0) is 10.0. The van der Waals surface area contributed by atoms with Gasteiger partial charge in [0.1, 0.15) is 5.82 Å². The Hall–Kier alpha value is -1.37. The summed E-state index contributed by atoms with van der Waals surface area (Å²) in [4.78, 5) is 0. The van der Waals surface area contributed by atoms with Crippen molar-refractivity contribution in [1.29, 1.82) is 0 Å². The minimum atomic E-state index is -0.229. The maximum Gasteiger partial charge on any atom is 0.137 e. The van der Waals surface area contributed by atoms with Gasteiger partial charge in [0.05, 0.1) is 0 Å². The predicted molar refractivity (Wildman–Crippen MR) is 55.9 cm³/mol. The van der Waals surface area contributed by atoms with Gasteiger partial charge in [-0.15, -0.1) is 0 Å². The molecule has 0 unspecified atom stereocenters. The Morgan fingerprint density at radius 1 is 1.46 bits per heavy atom. The van der Waals surface area contributed by atoms with Gasteiger partial charge in [0.25, 0.3) is 0 Å². The molecule has 0 amide bonds. The monoisotopic (exact) mass is 176 g/mol. The molecule has 0 spiro atoms. The minimum Gasteiger partial charge on any atom is -0.206 e. The standard InChI is InChI=1S/C12H13F/c1-5-10-6-9(4)7-11(8(2)3)12(10)13/h5-7H,1-2H2,3-4H3. The fourth-order valence-electron chi connectivity index (χ4n) is 1.26. The van der Waals surface area contributed by atoms with Crippen LogP contribution < -0.4 is 0 Å². The summed E-state index contributed by atoms with van der Waals surface area (Å²) in [7, 11) is 0. The molecule has 0 radical (unpaired) electrons. The topological polar surface area (TPSA) is 0 Å². The first-order chi connectivity index (χ1) is 6.06. The molecule has 1 aromatic rings. The number of hydrogen-bond acceptors (Lipinski definition) is 0. The molecule has 0 aromatic heterocycles. The number of allylic oxidation sites excluding steroid dienone is 1. The van der Waals surface area contributed by atoms with E-state index in [0.29, 0.717) is 11.1 Å². The number of rotatable bonds is 2. The molecule has 1 rings (SSSR count). The highest BCUT2D eigenvalue weighted by Gasteiger charge is 2.07. The van der Waals surface area contributed by atoms with Crippen molar-refractivity contribution in [3.05, 3.63) is 47.8 Å². The van der Waals surface area contributed by atoms with Gasteiger partial charge < -0.3 is 0 Å². The summed E-state index contributed by atoms with van der Waals surface area (Å²) < 4.78 is 13.6. The first-order valence-electron chi connectivity index (χ1n) is 4.14. The molecule has 0 saturated heterocycles. The fourth-order valence-corrected chi connectivity index (χ4v) is 1.26. The molecule has 1 heteroatoms. The zero-order valence-electron chi connectivity index (χ0n) is 8.02. The van der Waals surface area contributed by atoms with Crippen LogP contribution in [0.2, 0.25) is 0 Å². The molecule has 0 atom stereocenters. The van der Waals surface area contributed by atoms with Crippen molar-refractivity contribution in [2.45, 2.75) is 13.8 Å². The van der Waals surface area contributed by atoms with E-state index in [4.69, 9.17) is 0 Å². The van der Waals surface area contributed by atoms with Gasteiger partial charge in [0.15, 0.2) is 0 Å². The Bertz CT molecular complexity index is 362. The van der Waals surface area contributed by atoms with E-state index in [1.54, 1.807) is 19.1 Å². The van der Waals surface area contributed by atoms with Crippen LogP contribution in [0.15, 0.2) is 25.3 Å². The van der Waals surface area contributed by atoms with Crippen molar-refractivity contribution in [2.75, 3.05) is 0 Å². The second kappa shape index (κ2) is 3.56. The van der Waals surface area contributed by atoms with Gasteiger partial charge in [-0.3, -0.25) is 0 Å². The van der Waals surface area contributed by atoms with E-state index in [1.165, 1.54) is 6.08 Å². The van der Waals surface area contributed by atoms with Crippen LogP contribution >= 0.6 is 0 Å². The SMILES string of the molecule is C=Cc1cc(C)cc(C(=C)C)c1F. The second-order valence-electron chi connectivity index (χ2n) is 3.20. The third-order valence-corrected chi connectivity index (χ3v) is 1.92. The van der Waals surface area contributed by atoms with Crippen molar-refractivity contribution in [3.63, 3.8) is 0 Å². The highest BCUT2D eigenvalue weighted by Crippen LogP contribution is 2.22. The van der Waals surface area contributed by atoms with E-state index in [2.05, 4.69) is 13.2 Å². The first kappa shape index (κ1) is 9.72. The lowest BCUT2D eigenvalue weighted by Gasteiger charge is -2.06. The van der Waals surface area contributed by atoms with Crippen LogP contribution in [0.3, 0.4) is 0 Å². The van der Waals surface area contributed by atoms with Gasteiger partial charge in [0, 0.05) is 11.1 Å². The van der Waals surface area contributed by atoms with Crippen molar-refractivity contribution < 1.29 is 4.39 Å². The van der Waals surface area contributed by atoms with Crippen LogP contribution in [0.5, 0.6) is 0 Å². The summed E-state index contributed by atoms with van der Waals surface area (Å²) in [5.41, 5.74) is 2.88. The molecule has 13 heavy (non-hydrogen) atoms. The van der Waals surface area contributed by atoms with Crippen molar-refractivity contribution >= 4 is 11.6 Å². The molecule has 0 aliphatic rings. The Morgan fingerprint density at radius 2 is 2.08 bits per heavy atom. The number of aryl methyl sites for hydroxylation is 1. The number of halogens is 1. The summed E-state index contributed by atoms with van der Waals surface area (Å²) in [5.74, 6) is -0.229. The Morgan fingerprint density at radius 3 is 2.54 bits per heavy atom. The molecular weight excluding hydrogens is 163 g/mol. The van der Waals surface area contributed by atoms with Crippen molar-refractivity contribution in [2.24, 2.45) is 0 Å². The Kier molecular flexibility index (Phi) is 2.66. The average Bonchev–Trinajstić information content (AvgIpc) is 2.08. The fraction of sp³-hybridized carbons (Fsp3) is 0.167. The van der Waals surface area contributed by atoms with E-state index in [0.717, 1.165) is 11.1 Å². The highest BCUT2D eigenvalue weighted by atomic mass is 19.1. The Balaban J connectivity index is 3.44. The molecule has 0 bridgehead atoms. The van der Waals surface area contributed by atoms with E-state index >= 15 is 0 Å². The first-order valence-corrected chi connectivity index (χ1v) is 4.14. The van der Waals surface area contributed by atoms with Crippen LogP contribution in [0.4, 0.5) is 4.39 Å². The number of benzene rings is 1. The maximum atomic E-state index is 13.6. The lowest BCUT2D eigenvalue weighted by Crippen LogP contribution is -1.92. The van der Waals surface area contributed by atoms with Gasteiger partial charge in [-0.05, 0) is 37.1 Å². The van der Waals surface area contributed by atoms with Gasteiger partial charge in [-0.1, -0.05) is 19.2 Å². The van der Waals surface area contributed by atoms with Crippen LogP contribution in [-0.2, 0) is 0 Å². The van der Waals surface area contributed by atoms with Crippen molar-refractivity contribution in [3.8, 4) is 0 Å². The molecule has 0 aliphatic carbocycles. The van der Waals surface area contributed by atoms with Crippen LogP contribution in [0.25, 0.3) is 11.6 Å². The largest absolute Gasteiger partial charge is 0.206 e. The maximum absolute atomic E-state index is 13.6. The lowest BCUT2D eigenvalue weighted by molar-refractivity contribution is 0.621. The van der Waals surface area contributed by atoms with Crippen LogP contribution in [0, 0.1) is 12.7 Å². The minimum absolute atomic E-state index is 0.229. The van der Waals surface area contributed by atoms with Crippen LogP contribution in [-0.4, -0.2) is 0 Å². The van der Waals surface area contributed by atoms with E-state index in [-0.39, 0.29) is 5.82 Å². The van der Waals surface area contributed by atoms with E-state index in [1.807, 2.05) is 6.92 Å². The molecule has 0 N–H and O–H groups in total. The summed E-state index contributed by atoms with van der Waals surface area (Å²) in [6, 6.07) is 3.57. The zero-order valence-corrected chi connectivity index (χ0v) is 8.02. The van der Waals surface area contributed by atoms with Gasteiger partial charge in [0.2, 0.25) is 0 Å². The molecule has 0 heterocycles. The average molecular weight is 176 g/mol. The van der Waals surface area contributed by atoms with Gasteiger partial charge in [-0.25, -0.2) is 4.39 Å². The second-order valence-corrected chi connectivity index (χ2v) is 3.20. The lowest BCUT2D eigenvalue weighted by atomic mass is 10.0. The summed E-state index contributed by atoms with van der Waals surface area (Å²) >= 11 is 0. The van der Waals surface area contributed by atoms with Gasteiger partial charge >= 0.3 is 0 Å². The van der Waals surface area contributed by atoms with Crippen LogP contribution in [0.1, 0.15) is 23.6 Å². The van der Waals surface area contributed by atoms with Crippen molar-refractivity contribution in [1.82, 2.24) is 0 Å². The molecule has 0 fully saturated rings. The quantitative estimate of drug-likeness (QED) is 0.642. The summed E-state index contributed by atoms with van der Waals surface area (Å²) in [5, 5.41) is 0. The molecular formula is C12H13F. The summed E-state index contributed by atoms with van der Waals surface area (Å²) in [6.45, 7) is 11.0. The Labute approximate surface area is 78.4 Å². The highest BCUT2D eigenvalue weighted by molar-refractivity contribution is 5.66. The third kappa shape index (κ3) is 1.86. The normalized spacial score (nSPS) is 9.77. The molecule has 68 valence electrons. The van der Waals surface area contributed by atoms with E-state index in [9.17, 15) is 4.39 Å².